The number of carboxylic acid groups (broad SMARTS) is 1. The number of likely N-dealkylation sites (tertiary alicyclic amines) is 1. The fraction of sp³-hybridized carbons (Fsp3) is 0.467. The lowest BCUT2D eigenvalue weighted by atomic mass is 10.1. The van der Waals surface area contributed by atoms with Crippen molar-refractivity contribution in [2.24, 2.45) is 0 Å². The van der Waals surface area contributed by atoms with Crippen LogP contribution in [-0.4, -0.2) is 34.1 Å². The van der Waals surface area contributed by atoms with Gasteiger partial charge in [-0.15, -0.1) is 0 Å². The topological polar surface area (TPSA) is 69.6 Å². The Hall–Kier alpha value is -2.11. The van der Waals surface area contributed by atoms with E-state index in [1.807, 2.05) is 13.8 Å². The molecule has 1 saturated heterocycles. The molecule has 1 aliphatic heterocycles. The zero-order chi connectivity index (χ0) is 15.6. The number of hydrogen-bond acceptors (Lipinski definition) is 2. The summed E-state index contributed by atoms with van der Waals surface area (Å²) >= 11 is 0. The monoisotopic (exact) mass is 294 g/mol. The van der Waals surface area contributed by atoms with Crippen LogP contribution in [0.15, 0.2) is 18.2 Å². The summed E-state index contributed by atoms with van der Waals surface area (Å²) in [5, 5.41) is 11.7. The third-order valence-electron chi connectivity index (χ3n) is 3.95. The highest BCUT2D eigenvalue weighted by Crippen LogP contribution is 2.27. The molecule has 1 aromatic carbocycles. The quantitative estimate of drug-likeness (QED) is 0.898. The predicted molar refractivity (Wildman–Crippen MR) is 77.0 cm³/mol. The van der Waals surface area contributed by atoms with Crippen molar-refractivity contribution in [2.45, 2.75) is 45.2 Å². The molecule has 0 radical (unpaired) electrons. The third-order valence-corrected chi connectivity index (χ3v) is 3.95. The zero-order valence-corrected chi connectivity index (χ0v) is 12.1. The van der Waals surface area contributed by atoms with E-state index in [0.29, 0.717) is 0 Å². The van der Waals surface area contributed by atoms with Gasteiger partial charge >= 0.3 is 12.0 Å². The van der Waals surface area contributed by atoms with Crippen LogP contribution in [0.25, 0.3) is 0 Å². The SMILES string of the molecule is CCC1CCC(C)N1C(=O)Nc1ccc(F)cc1C(=O)O. The van der Waals surface area contributed by atoms with Crippen LogP contribution in [0.5, 0.6) is 0 Å². The highest BCUT2D eigenvalue weighted by molar-refractivity contribution is 6.00. The molecule has 1 aromatic rings. The summed E-state index contributed by atoms with van der Waals surface area (Å²) < 4.78 is 13.1. The van der Waals surface area contributed by atoms with Gasteiger partial charge in [-0.1, -0.05) is 6.92 Å². The molecule has 21 heavy (non-hydrogen) atoms. The van der Waals surface area contributed by atoms with E-state index in [9.17, 15) is 14.0 Å². The molecular weight excluding hydrogens is 275 g/mol. The van der Waals surface area contributed by atoms with Crippen molar-refractivity contribution in [2.75, 3.05) is 5.32 Å². The van der Waals surface area contributed by atoms with Crippen LogP contribution in [0.4, 0.5) is 14.9 Å². The van der Waals surface area contributed by atoms with Gasteiger partial charge in [0.2, 0.25) is 0 Å². The predicted octanol–water partition coefficient (Wildman–Crippen LogP) is 3.32. The van der Waals surface area contributed by atoms with Gasteiger partial charge in [0, 0.05) is 12.1 Å². The minimum atomic E-state index is -1.27. The van der Waals surface area contributed by atoms with Gasteiger partial charge in [0.05, 0.1) is 11.3 Å². The van der Waals surface area contributed by atoms with E-state index >= 15 is 0 Å². The van der Waals surface area contributed by atoms with Crippen molar-refractivity contribution in [3.8, 4) is 0 Å². The number of amides is 2. The number of nitrogens with one attached hydrogen (secondary N) is 1. The molecule has 114 valence electrons. The van der Waals surface area contributed by atoms with Gasteiger partial charge in [0.15, 0.2) is 0 Å². The first kappa shape index (κ1) is 15.3. The second kappa shape index (κ2) is 6.11. The largest absolute Gasteiger partial charge is 0.478 e. The Morgan fingerprint density at radius 2 is 2.14 bits per heavy atom. The zero-order valence-electron chi connectivity index (χ0n) is 12.1. The lowest BCUT2D eigenvalue weighted by molar-refractivity contribution is 0.0697. The maximum absolute atomic E-state index is 13.1. The van der Waals surface area contributed by atoms with Gasteiger partial charge in [-0.3, -0.25) is 0 Å². The van der Waals surface area contributed by atoms with Crippen LogP contribution < -0.4 is 5.32 Å². The summed E-state index contributed by atoms with van der Waals surface area (Å²) in [5.41, 5.74) is -0.133. The van der Waals surface area contributed by atoms with Crippen molar-refractivity contribution in [3.05, 3.63) is 29.6 Å². The van der Waals surface area contributed by atoms with Crippen molar-refractivity contribution in [3.63, 3.8) is 0 Å². The molecule has 6 heteroatoms. The maximum atomic E-state index is 13.1. The van der Waals surface area contributed by atoms with E-state index in [1.54, 1.807) is 4.90 Å². The first-order valence-corrected chi connectivity index (χ1v) is 7.06. The molecular formula is C15H19FN2O3. The van der Waals surface area contributed by atoms with Gasteiger partial charge in [-0.2, -0.15) is 0 Å². The number of carbonyl (C=O) groups excluding carboxylic acids is 1. The van der Waals surface area contributed by atoms with Crippen LogP contribution in [0, 0.1) is 5.82 Å². The maximum Gasteiger partial charge on any atom is 0.337 e. The molecule has 0 saturated carbocycles. The number of hydrogen-bond donors (Lipinski definition) is 2. The van der Waals surface area contributed by atoms with Gasteiger partial charge in [-0.25, -0.2) is 14.0 Å². The van der Waals surface area contributed by atoms with Gasteiger partial charge in [-0.05, 0) is 44.4 Å². The van der Waals surface area contributed by atoms with E-state index < -0.39 is 11.8 Å². The lowest BCUT2D eigenvalue weighted by Gasteiger charge is -2.28. The van der Waals surface area contributed by atoms with Crippen LogP contribution >= 0.6 is 0 Å². The molecule has 2 atom stereocenters. The van der Waals surface area contributed by atoms with Crippen LogP contribution in [0.2, 0.25) is 0 Å². The Morgan fingerprint density at radius 3 is 2.76 bits per heavy atom. The highest BCUT2D eigenvalue weighted by atomic mass is 19.1. The normalized spacial score (nSPS) is 21.4. The second-order valence-electron chi connectivity index (χ2n) is 5.32. The van der Waals surface area contributed by atoms with Crippen molar-refractivity contribution >= 4 is 17.7 Å². The Kier molecular flexibility index (Phi) is 4.45. The van der Waals surface area contributed by atoms with Crippen LogP contribution in [-0.2, 0) is 0 Å². The van der Waals surface area contributed by atoms with E-state index in [2.05, 4.69) is 5.32 Å². The summed E-state index contributed by atoms with van der Waals surface area (Å²) in [7, 11) is 0. The van der Waals surface area contributed by atoms with Crippen LogP contribution in [0.3, 0.4) is 0 Å². The molecule has 2 rings (SSSR count). The summed E-state index contributed by atoms with van der Waals surface area (Å²) in [6, 6.07) is 3.26. The van der Waals surface area contributed by atoms with Crippen molar-refractivity contribution in [1.82, 2.24) is 4.90 Å². The van der Waals surface area contributed by atoms with E-state index in [1.165, 1.54) is 6.07 Å². The number of rotatable bonds is 3. The summed E-state index contributed by atoms with van der Waals surface area (Å²) in [5.74, 6) is -1.92. The average molecular weight is 294 g/mol. The molecule has 5 nitrogen and oxygen atoms in total. The first-order valence-electron chi connectivity index (χ1n) is 7.06. The highest BCUT2D eigenvalue weighted by Gasteiger charge is 2.33. The summed E-state index contributed by atoms with van der Waals surface area (Å²) in [6.45, 7) is 3.99. The number of carbonyl (C=O) groups is 2. The molecule has 1 fully saturated rings. The Morgan fingerprint density at radius 1 is 1.43 bits per heavy atom. The molecule has 0 aliphatic carbocycles. The minimum Gasteiger partial charge on any atom is -0.478 e. The van der Waals surface area contributed by atoms with Gasteiger partial charge in [0.25, 0.3) is 0 Å². The number of aromatic carboxylic acids is 1. The molecule has 1 heterocycles. The van der Waals surface area contributed by atoms with Gasteiger partial charge < -0.3 is 15.3 Å². The molecule has 2 unspecified atom stereocenters. The standard InChI is InChI=1S/C15H19FN2O3/c1-3-11-6-4-9(2)18(11)15(21)17-13-7-5-10(16)8-12(13)14(19)20/h5,7-9,11H,3-4,6H2,1-2H3,(H,17,21)(H,19,20). The molecule has 0 bridgehead atoms. The Balaban J connectivity index is 2.22. The Bertz CT molecular complexity index is 562. The molecule has 2 N–H and O–H groups in total. The number of nitrogens with zero attached hydrogens (tertiary/aromatic N) is 1. The number of halogens is 1. The second-order valence-corrected chi connectivity index (χ2v) is 5.32. The fourth-order valence-corrected chi connectivity index (χ4v) is 2.82. The smallest absolute Gasteiger partial charge is 0.337 e. The summed E-state index contributed by atoms with van der Waals surface area (Å²) in [4.78, 5) is 25.3. The van der Waals surface area contributed by atoms with Crippen LogP contribution in [0.1, 0.15) is 43.5 Å². The van der Waals surface area contributed by atoms with E-state index in [0.717, 1.165) is 31.4 Å². The molecule has 0 aromatic heterocycles. The van der Waals surface area contributed by atoms with Gasteiger partial charge in [0.1, 0.15) is 5.82 Å². The third kappa shape index (κ3) is 3.15. The Labute approximate surface area is 122 Å². The average Bonchev–Trinajstić information content (AvgIpc) is 2.81. The lowest BCUT2D eigenvalue weighted by Crippen LogP contribution is -2.42. The fourth-order valence-electron chi connectivity index (χ4n) is 2.82. The number of anilines is 1. The number of urea groups is 1. The minimum absolute atomic E-state index is 0.114. The summed E-state index contributed by atoms with van der Waals surface area (Å²) in [6.07, 6.45) is 2.73. The molecule has 2 amide bonds. The van der Waals surface area contributed by atoms with Crippen molar-refractivity contribution < 1.29 is 19.1 Å². The number of benzene rings is 1. The van der Waals surface area contributed by atoms with E-state index in [4.69, 9.17) is 5.11 Å². The first-order chi connectivity index (χ1) is 9.93. The van der Waals surface area contributed by atoms with Crippen molar-refractivity contribution in [1.29, 1.82) is 0 Å². The molecule has 0 spiro atoms. The number of carboxylic acids is 1. The molecule has 1 aliphatic rings. The van der Waals surface area contributed by atoms with E-state index in [-0.39, 0.29) is 29.4 Å².